The smallest absolute Gasteiger partial charge is 0.220 e. The first kappa shape index (κ1) is 20.0. The predicted molar refractivity (Wildman–Crippen MR) is 102 cm³/mol. The first-order chi connectivity index (χ1) is 13.8. The van der Waals surface area contributed by atoms with Crippen LogP contribution in [0.4, 0.5) is 8.78 Å². The van der Waals surface area contributed by atoms with E-state index in [0.29, 0.717) is 26.1 Å². The van der Waals surface area contributed by atoms with E-state index in [0.717, 1.165) is 31.3 Å². The molecule has 29 heavy (non-hydrogen) atoms. The number of carbonyl (C=O) groups is 2. The number of benzene rings is 1. The Morgan fingerprint density at radius 1 is 1.10 bits per heavy atom. The van der Waals surface area contributed by atoms with Gasteiger partial charge in [-0.3, -0.25) is 14.5 Å². The Balaban J connectivity index is 1.46. The minimum absolute atomic E-state index is 0.0519. The third-order valence-electron chi connectivity index (χ3n) is 6.03. The molecule has 2 amide bonds. The Kier molecular flexibility index (Phi) is 5.40. The largest absolute Gasteiger partial charge is 0.370 e. The van der Waals surface area contributed by atoms with Crippen LogP contribution in [0.5, 0.6) is 0 Å². The highest BCUT2D eigenvalue weighted by molar-refractivity contribution is 5.75. The standard InChI is InChI=1S/C21H25F2N3O3/c1-12(27)24-20-6-17(11-29-21(20)18-5-16(22)3-4-19(18)23)26-9-14-7-25(13(2)28)8-15(14)10-26/h3-5,17,20-21H,6-11H2,1-2H3,(H,24,27)/t17-,20+,21+/m1/s1. The van der Waals surface area contributed by atoms with Gasteiger partial charge in [-0.1, -0.05) is 0 Å². The molecule has 1 aromatic carbocycles. The van der Waals surface area contributed by atoms with Crippen LogP contribution >= 0.6 is 0 Å². The number of rotatable bonds is 3. The molecule has 1 N–H and O–H groups in total. The highest BCUT2D eigenvalue weighted by Crippen LogP contribution is 2.35. The second-order valence-electron chi connectivity index (χ2n) is 8.10. The van der Waals surface area contributed by atoms with Crippen molar-refractivity contribution in [2.24, 2.45) is 0 Å². The van der Waals surface area contributed by atoms with Crippen LogP contribution in [0.1, 0.15) is 31.9 Å². The molecule has 0 radical (unpaired) electrons. The van der Waals surface area contributed by atoms with E-state index < -0.39 is 23.8 Å². The van der Waals surface area contributed by atoms with Gasteiger partial charge in [-0.05, 0) is 35.8 Å². The molecule has 156 valence electrons. The second-order valence-corrected chi connectivity index (χ2v) is 8.10. The van der Waals surface area contributed by atoms with Crippen LogP contribution in [-0.4, -0.2) is 66.5 Å². The molecule has 0 bridgehead atoms. The lowest BCUT2D eigenvalue weighted by Crippen LogP contribution is -2.52. The Labute approximate surface area is 168 Å². The lowest BCUT2D eigenvalue weighted by molar-refractivity contribution is -0.127. The molecule has 0 aromatic heterocycles. The molecule has 1 fully saturated rings. The summed E-state index contributed by atoms with van der Waals surface area (Å²) in [5.41, 5.74) is 2.67. The highest BCUT2D eigenvalue weighted by atomic mass is 19.1. The van der Waals surface area contributed by atoms with Crippen LogP contribution < -0.4 is 5.32 Å². The summed E-state index contributed by atoms with van der Waals surface area (Å²) >= 11 is 0. The Morgan fingerprint density at radius 3 is 2.41 bits per heavy atom. The van der Waals surface area contributed by atoms with Crippen LogP contribution in [0, 0.1) is 11.6 Å². The van der Waals surface area contributed by atoms with Gasteiger partial charge in [-0.2, -0.15) is 0 Å². The fourth-order valence-electron chi connectivity index (χ4n) is 4.60. The molecular weight excluding hydrogens is 380 g/mol. The Bertz CT molecular complexity index is 855. The number of halogens is 2. The Morgan fingerprint density at radius 2 is 1.79 bits per heavy atom. The summed E-state index contributed by atoms with van der Waals surface area (Å²) in [6.07, 6.45) is -0.154. The summed E-state index contributed by atoms with van der Waals surface area (Å²) in [4.78, 5) is 27.5. The molecular formula is C21H25F2N3O3. The number of carbonyl (C=O) groups excluding carboxylic acids is 2. The molecule has 3 atom stereocenters. The van der Waals surface area contributed by atoms with Gasteiger partial charge in [-0.15, -0.1) is 0 Å². The van der Waals surface area contributed by atoms with Gasteiger partial charge in [0.25, 0.3) is 0 Å². The van der Waals surface area contributed by atoms with E-state index in [1.54, 1.807) is 6.92 Å². The van der Waals surface area contributed by atoms with Crippen LogP contribution in [0.15, 0.2) is 29.3 Å². The van der Waals surface area contributed by atoms with Crippen LogP contribution in [0.3, 0.4) is 0 Å². The molecule has 1 aromatic rings. The van der Waals surface area contributed by atoms with Crippen molar-refractivity contribution in [2.75, 3.05) is 32.8 Å². The number of amides is 2. The van der Waals surface area contributed by atoms with Crippen molar-refractivity contribution in [2.45, 2.75) is 38.5 Å². The van der Waals surface area contributed by atoms with Gasteiger partial charge in [0, 0.05) is 51.6 Å². The summed E-state index contributed by atoms with van der Waals surface area (Å²) < 4.78 is 34.0. The maximum Gasteiger partial charge on any atom is 0.220 e. The average molecular weight is 405 g/mol. The second kappa shape index (κ2) is 7.84. The fourth-order valence-corrected chi connectivity index (χ4v) is 4.60. The van der Waals surface area contributed by atoms with Gasteiger partial charge >= 0.3 is 0 Å². The molecule has 1 saturated heterocycles. The van der Waals surface area contributed by atoms with Gasteiger partial charge in [0.15, 0.2) is 0 Å². The van der Waals surface area contributed by atoms with Crippen LogP contribution in [0.2, 0.25) is 0 Å². The molecule has 3 aliphatic heterocycles. The quantitative estimate of drug-likeness (QED) is 0.779. The SMILES string of the molecule is CC(=O)N[C@H]1C[C@@H](N2CC3=C(CN(C(C)=O)C3)C2)CO[C@H]1c1cc(F)ccc1F. The summed E-state index contributed by atoms with van der Waals surface area (Å²) in [6.45, 7) is 6.22. The monoisotopic (exact) mass is 405 g/mol. The lowest BCUT2D eigenvalue weighted by Gasteiger charge is -2.41. The van der Waals surface area contributed by atoms with Crippen LogP contribution in [0.25, 0.3) is 0 Å². The van der Waals surface area contributed by atoms with Gasteiger partial charge < -0.3 is 15.0 Å². The molecule has 3 heterocycles. The van der Waals surface area contributed by atoms with Crippen molar-refractivity contribution in [3.63, 3.8) is 0 Å². The molecule has 8 heteroatoms. The van der Waals surface area contributed by atoms with E-state index >= 15 is 0 Å². The lowest BCUT2D eigenvalue weighted by atomic mass is 9.92. The maximum absolute atomic E-state index is 14.3. The zero-order chi connectivity index (χ0) is 20.7. The Hall–Kier alpha value is -2.32. The number of hydrogen-bond acceptors (Lipinski definition) is 4. The van der Waals surface area contributed by atoms with E-state index in [-0.39, 0.29) is 23.4 Å². The van der Waals surface area contributed by atoms with E-state index in [4.69, 9.17) is 4.74 Å². The molecule has 0 unspecified atom stereocenters. The summed E-state index contributed by atoms with van der Waals surface area (Å²) in [7, 11) is 0. The zero-order valence-corrected chi connectivity index (χ0v) is 16.6. The first-order valence-electron chi connectivity index (χ1n) is 9.84. The molecule has 6 nitrogen and oxygen atoms in total. The number of hydrogen-bond donors (Lipinski definition) is 1. The van der Waals surface area contributed by atoms with Crippen molar-refractivity contribution in [1.82, 2.24) is 15.1 Å². The summed E-state index contributed by atoms with van der Waals surface area (Å²) in [6, 6.07) is 2.89. The van der Waals surface area contributed by atoms with Gasteiger partial charge in [-0.25, -0.2) is 8.78 Å². The molecule has 0 aliphatic carbocycles. The van der Waals surface area contributed by atoms with Crippen molar-refractivity contribution in [1.29, 1.82) is 0 Å². The topological polar surface area (TPSA) is 61.9 Å². The van der Waals surface area contributed by atoms with Crippen LogP contribution in [-0.2, 0) is 14.3 Å². The average Bonchev–Trinajstić information content (AvgIpc) is 3.23. The van der Waals surface area contributed by atoms with Crippen molar-refractivity contribution >= 4 is 11.8 Å². The maximum atomic E-state index is 14.3. The zero-order valence-electron chi connectivity index (χ0n) is 16.6. The van der Waals surface area contributed by atoms with Crippen molar-refractivity contribution in [3.05, 3.63) is 46.5 Å². The summed E-state index contributed by atoms with van der Waals surface area (Å²) in [5.74, 6) is -1.24. The molecule has 0 spiro atoms. The normalized spacial score (nSPS) is 27.3. The number of ether oxygens (including phenoxy) is 1. The van der Waals surface area contributed by atoms with E-state index in [9.17, 15) is 18.4 Å². The van der Waals surface area contributed by atoms with E-state index in [1.165, 1.54) is 18.1 Å². The highest BCUT2D eigenvalue weighted by Gasteiger charge is 2.40. The van der Waals surface area contributed by atoms with E-state index in [1.807, 2.05) is 4.90 Å². The van der Waals surface area contributed by atoms with Crippen molar-refractivity contribution < 1.29 is 23.1 Å². The minimum atomic E-state index is -0.735. The third-order valence-corrected chi connectivity index (χ3v) is 6.03. The minimum Gasteiger partial charge on any atom is -0.370 e. The van der Waals surface area contributed by atoms with Gasteiger partial charge in [0.05, 0.1) is 12.6 Å². The third kappa shape index (κ3) is 4.04. The number of nitrogens with zero attached hydrogens (tertiary/aromatic N) is 2. The van der Waals surface area contributed by atoms with Gasteiger partial charge in [0.2, 0.25) is 11.8 Å². The summed E-state index contributed by atoms with van der Waals surface area (Å²) in [5, 5.41) is 2.86. The number of nitrogens with one attached hydrogen (secondary N) is 1. The molecule has 3 aliphatic rings. The van der Waals surface area contributed by atoms with Crippen molar-refractivity contribution in [3.8, 4) is 0 Å². The predicted octanol–water partition coefficient (Wildman–Crippen LogP) is 1.77. The van der Waals surface area contributed by atoms with Gasteiger partial charge in [0.1, 0.15) is 17.7 Å². The molecule has 0 saturated carbocycles. The fraction of sp³-hybridized carbons (Fsp3) is 0.524. The van der Waals surface area contributed by atoms with E-state index in [2.05, 4.69) is 10.2 Å². The first-order valence-corrected chi connectivity index (χ1v) is 9.84. The molecule has 4 rings (SSSR count).